The molecule has 2 N–H and O–H groups in total. The Morgan fingerprint density at radius 1 is 1.11 bits per heavy atom. The van der Waals surface area contributed by atoms with Crippen LogP contribution in [0.5, 0.6) is 5.75 Å². The Hall–Kier alpha value is -2.09. The quantitative estimate of drug-likeness (QED) is 0.692. The van der Waals surface area contributed by atoms with E-state index in [0.717, 1.165) is 0 Å². The first kappa shape index (κ1) is 21.2. The Morgan fingerprint density at radius 2 is 1.74 bits per heavy atom. The van der Waals surface area contributed by atoms with Crippen LogP contribution in [0.25, 0.3) is 0 Å². The minimum atomic E-state index is -3.58. The molecule has 0 aliphatic rings. The molecule has 0 radical (unpaired) electrons. The highest BCUT2D eigenvalue weighted by atomic mass is 35.5. The lowest BCUT2D eigenvalue weighted by Crippen LogP contribution is -2.32. The molecule has 0 aliphatic carbocycles. The standard InChI is InChI=1S/C19H23ClN2O4S/c1-4-13(2)22-27(24,25)16-11-9-15(10-12-16)21-19(23)14(3)26-18-8-6-5-7-17(18)20/h5-14,22H,4H2,1-3H3,(H,21,23). The fourth-order valence-electron chi connectivity index (χ4n) is 2.16. The highest BCUT2D eigenvalue weighted by molar-refractivity contribution is 7.89. The van der Waals surface area contributed by atoms with Crippen LogP contribution < -0.4 is 14.8 Å². The number of carbonyl (C=O) groups is 1. The van der Waals surface area contributed by atoms with E-state index < -0.39 is 16.1 Å². The summed E-state index contributed by atoms with van der Waals surface area (Å²) >= 11 is 6.02. The largest absolute Gasteiger partial charge is 0.479 e. The first-order chi connectivity index (χ1) is 12.7. The maximum atomic E-state index is 12.3. The van der Waals surface area contributed by atoms with Crippen LogP contribution in [0.15, 0.2) is 53.4 Å². The Morgan fingerprint density at radius 3 is 2.33 bits per heavy atom. The topological polar surface area (TPSA) is 84.5 Å². The van der Waals surface area contributed by atoms with Crippen molar-refractivity contribution in [2.24, 2.45) is 0 Å². The summed E-state index contributed by atoms with van der Waals surface area (Å²) in [4.78, 5) is 12.4. The summed E-state index contributed by atoms with van der Waals surface area (Å²) in [7, 11) is -3.58. The lowest BCUT2D eigenvalue weighted by molar-refractivity contribution is -0.122. The molecule has 8 heteroatoms. The maximum absolute atomic E-state index is 12.3. The van der Waals surface area contributed by atoms with Crippen molar-refractivity contribution < 1.29 is 17.9 Å². The average molecular weight is 411 g/mol. The molecule has 0 bridgehead atoms. The number of carbonyl (C=O) groups excluding carboxylic acids is 1. The summed E-state index contributed by atoms with van der Waals surface area (Å²) in [6, 6.07) is 12.7. The average Bonchev–Trinajstić information content (AvgIpc) is 2.63. The smallest absolute Gasteiger partial charge is 0.265 e. The van der Waals surface area contributed by atoms with Crippen molar-refractivity contribution >= 4 is 33.2 Å². The molecule has 6 nitrogen and oxygen atoms in total. The third-order valence-electron chi connectivity index (χ3n) is 3.91. The van der Waals surface area contributed by atoms with E-state index in [0.29, 0.717) is 22.9 Å². The molecule has 0 heterocycles. The zero-order valence-corrected chi connectivity index (χ0v) is 17.0. The zero-order chi connectivity index (χ0) is 20.0. The van der Waals surface area contributed by atoms with Crippen LogP contribution in [0.4, 0.5) is 5.69 Å². The Labute approximate surface area is 164 Å². The molecule has 27 heavy (non-hydrogen) atoms. The summed E-state index contributed by atoms with van der Waals surface area (Å²) in [6.45, 7) is 5.30. The molecular weight excluding hydrogens is 388 g/mol. The van der Waals surface area contributed by atoms with Gasteiger partial charge in [-0.15, -0.1) is 0 Å². The molecule has 2 aromatic rings. The van der Waals surface area contributed by atoms with Crippen LogP contribution in [-0.2, 0) is 14.8 Å². The molecule has 2 aromatic carbocycles. The zero-order valence-electron chi connectivity index (χ0n) is 15.4. The molecule has 0 aromatic heterocycles. The number of sulfonamides is 1. The van der Waals surface area contributed by atoms with E-state index in [2.05, 4.69) is 10.0 Å². The fourth-order valence-corrected chi connectivity index (χ4v) is 3.67. The number of rotatable bonds is 8. The summed E-state index contributed by atoms with van der Waals surface area (Å²) in [6.07, 6.45) is -0.0863. The number of benzene rings is 2. The molecule has 2 rings (SSSR count). The number of anilines is 1. The molecule has 0 fully saturated rings. The van der Waals surface area contributed by atoms with Gasteiger partial charge in [-0.1, -0.05) is 30.7 Å². The van der Waals surface area contributed by atoms with E-state index in [1.165, 1.54) is 24.3 Å². The van der Waals surface area contributed by atoms with Crippen molar-refractivity contribution in [2.45, 2.75) is 44.2 Å². The second-order valence-corrected chi connectivity index (χ2v) is 8.26. The molecule has 0 saturated carbocycles. The molecule has 0 spiro atoms. The van der Waals surface area contributed by atoms with Gasteiger partial charge in [0, 0.05) is 11.7 Å². The van der Waals surface area contributed by atoms with E-state index in [-0.39, 0.29) is 16.8 Å². The number of amides is 1. The highest BCUT2D eigenvalue weighted by Crippen LogP contribution is 2.24. The Bertz CT molecular complexity index is 885. The number of ether oxygens (including phenoxy) is 1. The molecule has 0 saturated heterocycles. The lowest BCUT2D eigenvalue weighted by Gasteiger charge is -2.16. The molecule has 2 atom stereocenters. The number of hydrogen-bond donors (Lipinski definition) is 2. The number of halogens is 1. The van der Waals surface area contributed by atoms with Crippen molar-refractivity contribution in [1.82, 2.24) is 4.72 Å². The van der Waals surface area contributed by atoms with Crippen LogP contribution in [0.1, 0.15) is 27.2 Å². The van der Waals surface area contributed by atoms with Crippen LogP contribution in [-0.4, -0.2) is 26.5 Å². The van der Waals surface area contributed by atoms with Gasteiger partial charge in [0.25, 0.3) is 5.91 Å². The summed E-state index contributed by atoms with van der Waals surface area (Å²) in [5.41, 5.74) is 0.470. The number of nitrogens with one attached hydrogen (secondary N) is 2. The maximum Gasteiger partial charge on any atom is 0.265 e. The van der Waals surface area contributed by atoms with Crippen molar-refractivity contribution in [3.05, 3.63) is 53.6 Å². The second kappa shape index (κ2) is 9.21. The normalized spacial score (nSPS) is 13.6. The van der Waals surface area contributed by atoms with E-state index >= 15 is 0 Å². The van der Waals surface area contributed by atoms with Crippen molar-refractivity contribution in [3.63, 3.8) is 0 Å². The first-order valence-corrected chi connectivity index (χ1v) is 10.4. The van der Waals surface area contributed by atoms with Gasteiger partial charge in [-0.25, -0.2) is 13.1 Å². The van der Waals surface area contributed by atoms with Crippen LogP contribution in [0.2, 0.25) is 5.02 Å². The van der Waals surface area contributed by atoms with Gasteiger partial charge in [0.1, 0.15) is 5.75 Å². The van der Waals surface area contributed by atoms with E-state index in [9.17, 15) is 13.2 Å². The first-order valence-electron chi connectivity index (χ1n) is 8.57. The van der Waals surface area contributed by atoms with Crippen molar-refractivity contribution in [3.8, 4) is 5.75 Å². The molecule has 146 valence electrons. The van der Waals surface area contributed by atoms with Crippen molar-refractivity contribution in [1.29, 1.82) is 0 Å². The highest BCUT2D eigenvalue weighted by Gasteiger charge is 2.18. The molecule has 1 amide bonds. The van der Waals surface area contributed by atoms with E-state index in [1.807, 2.05) is 6.92 Å². The van der Waals surface area contributed by atoms with Crippen LogP contribution in [0.3, 0.4) is 0 Å². The van der Waals surface area contributed by atoms with Crippen molar-refractivity contribution in [2.75, 3.05) is 5.32 Å². The predicted molar refractivity (Wildman–Crippen MR) is 107 cm³/mol. The van der Waals surface area contributed by atoms with Gasteiger partial charge in [-0.3, -0.25) is 4.79 Å². The van der Waals surface area contributed by atoms with Crippen LogP contribution in [0, 0.1) is 0 Å². The molecule has 2 unspecified atom stereocenters. The van der Waals surface area contributed by atoms with Gasteiger partial charge in [0.15, 0.2) is 6.10 Å². The van der Waals surface area contributed by atoms with Crippen LogP contribution >= 0.6 is 11.6 Å². The summed E-state index contributed by atoms with van der Waals surface area (Å²) < 4.78 is 32.6. The third kappa shape index (κ3) is 5.95. The molecule has 0 aliphatic heterocycles. The predicted octanol–water partition coefficient (Wildman–Crippen LogP) is 3.82. The van der Waals surface area contributed by atoms with Gasteiger partial charge in [0.05, 0.1) is 9.92 Å². The van der Waals surface area contributed by atoms with E-state index in [4.69, 9.17) is 16.3 Å². The Kier molecular flexibility index (Phi) is 7.24. The SMILES string of the molecule is CCC(C)NS(=O)(=O)c1ccc(NC(=O)C(C)Oc2ccccc2Cl)cc1. The lowest BCUT2D eigenvalue weighted by atomic mass is 10.3. The minimum absolute atomic E-state index is 0.140. The third-order valence-corrected chi connectivity index (χ3v) is 5.83. The van der Waals surface area contributed by atoms with E-state index in [1.54, 1.807) is 38.1 Å². The fraction of sp³-hybridized carbons (Fsp3) is 0.316. The van der Waals surface area contributed by atoms with Gasteiger partial charge >= 0.3 is 0 Å². The summed E-state index contributed by atoms with van der Waals surface area (Å²) in [5.74, 6) is 0.0441. The molecular formula is C19H23ClN2O4S. The van der Waals surface area contributed by atoms with Gasteiger partial charge in [0.2, 0.25) is 10.0 Å². The number of para-hydroxylation sites is 1. The van der Waals surface area contributed by atoms with Gasteiger partial charge in [-0.2, -0.15) is 0 Å². The second-order valence-electron chi connectivity index (χ2n) is 6.13. The minimum Gasteiger partial charge on any atom is -0.479 e. The Balaban J connectivity index is 2.01. The summed E-state index contributed by atoms with van der Waals surface area (Å²) in [5, 5.41) is 3.11. The number of hydrogen-bond acceptors (Lipinski definition) is 4. The van der Waals surface area contributed by atoms with Gasteiger partial charge in [-0.05, 0) is 56.7 Å². The van der Waals surface area contributed by atoms with Gasteiger partial charge < -0.3 is 10.1 Å². The monoisotopic (exact) mass is 410 g/mol.